The molecule has 0 aromatic heterocycles. The molecule has 0 amide bonds. The summed E-state index contributed by atoms with van der Waals surface area (Å²) in [5.74, 6) is 0.771. The van der Waals surface area contributed by atoms with E-state index in [4.69, 9.17) is 4.74 Å². The van der Waals surface area contributed by atoms with Gasteiger partial charge in [0.2, 0.25) is 0 Å². The van der Waals surface area contributed by atoms with E-state index in [9.17, 15) is 8.42 Å². The highest BCUT2D eigenvalue weighted by atomic mass is 32.2. The summed E-state index contributed by atoms with van der Waals surface area (Å²) >= 11 is 0. The van der Waals surface area contributed by atoms with E-state index in [1.54, 1.807) is 43.5 Å². The maximum atomic E-state index is 12.0. The van der Waals surface area contributed by atoms with E-state index in [-0.39, 0.29) is 4.90 Å². The first-order valence-electron chi connectivity index (χ1n) is 6.69. The molecule has 22 heavy (non-hydrogen) atoms. The Kier molecular flexibility index (Phi) is 5.12. The first-order chi connectivity index (χ1) is 10.5. The van der Waals surface area contributed by atoms with Crippen molar-refractivity contribution in [2.24, 2.45) is 4.40 Å². The smallest absolute Gasteiger partial charge is 0.282 e. The van der Waals surface area contributed by atoms with Crippen LogP contribution in [0.1, 0.15) is 11.1 Å². The van der Waals surface area contributed by atoms with Crippen molar-refractivity contribution in [2.45, 2.75) is 11.8 Å². The molecule has 0 fully saturated rings. The summed E-state index contributed by atoms with van der Waals surface area (Å²) in [6, 6.07) is 14.0. The van der Waals surface area contributed by atoms with Crippen LogP contribution in [0.15, 0.2) is 63.9 Å². The molecule has 0 N–H and O–H groups in total. The summed E-state index contributed by atoms with van der Waals surface area (Å²) in [7, 11) is -2.04. The molecule has 0 spiro atoms. The van der Waals surface area contributed by atoms with Gasteiger partial charge in [0.15, 0.2) is 0 Å². The number of ether oxygens (including phenoxy) is 1. The molecule has 0 aliphatic rings. The zero-order chi connectivity index (χ0) is 16.0. The fourth-order valence-electron chi connectivity index (χ4n) is 1.76. The lowest BCUT2D eigenvalue weighted by molar-refractivity contribution is 0.415. The molecule has 0 heterocycles. The molecule has 0 atom stereocenters. The lowest BCUT2D eigenvalue weighted by atomic mass is 10.2. The van der Waals surface area contributed by atoms with Gasteiger partial charge in [0.25, 0.3) is 10.0 Å². The van der Waals surface area contributed by atoms with E-state index in [2.05, 4.69) is 4.40 Å². The Hall–Kier alpha value is -2.40. The van der Waals surface area contributed by atoms with Gasteiger partial charge in [-0.25, -0.2) is 0 Å². The Morgan fingerprint density at radius 1 is 1.00 bits per heavy atom. The minimum absolute atomic E-state index is 0.187. The van der Waals surface area contributed by atoms with Gasteiger partial charge < -0.3 is 4.74 Å². The van der Waals surface area contributed by atoms with Crippen molar-refractivity contribution in [3.05, 3.63) is 65.7 Å². The van der Waals surface area contributed by atoms with Crippen LogP contribution in [0.2, 0.25) is 0 Å². The maximum absolute atomic E-state index is 12.0. The summed E-state index contributed by atoms with van der Waals surface area (Å²) in [5.41, 5.74) is 1.93. The molecule has 4 nitrogen and oxygen atoms in total. The average molecular weight is 315 g/mol. The Bertz CT molecular complexity index is 774. The minimum atomic E-state index is -3.64. The normalized spacial score (nSPS) is 12.1. The van der Waals surface area contributed by atoms with Crippen molar-refractivity contribution in [3.8, 4) is 5.75 Å². The van der Waals surface area contributed by atoms with Crippen molar-refractivity contribution >= 4 is 22.3 Å². The third-order valence-electron chi connectivity index (χ3n) is 3.01. The van der Waals surface area contributed by atoms with E-state index in [0.29, 0.717) is 0 Å². The van der Waals surface area contributed by atoms with E-state index < -0.39 is 10.0 Å². The maximum Gasteiger partial charge on any atom is 0.282 e. The number of rotatable bonds is 5. The number of sulfonamides is 1. The fraction of sp³-hybridized carbons (Fsp3) is 0.118. The van der Waals surface area contributed by atoms with Crippen molar-refractivity contribution in [1.29, 1.82) is 0 Å². The topological polar surface area (TPSA) is 55.7 Å². The third kappa shape index (κ3) is 4.30. The molecule has 0 bridgehead atoms. The lowest BCUT2D eigenvalue weighted by Gasteiger charge is -1.99. The zero-order valence-corrected chi connectivity index (χ0v) is 13.2. The van der Waals surface area contributed by atoms with Crippen LogP contribution in [-0.4, -0.2) is 21.7 Å². The van der Waals surface area contributed by atoms with Gasteiger partial charge in [0, 0.05) is 6.21 Å². The molecule has 2 aromatic carbocycles. The SMILES string of the molecule is COc1ccc(/C=C/C=N/S(=O)(=O)c2ccc(C)cc2)cc1. The molecule has 114 valence electrons. The number of methoxy groups -OCH3 is 1. The summed E-state index contributed by atoms with van der Waals surface area (Å²) in [5, 5.41) is 0. The first-order valence-corrected chi connectivity index (χ1v) is 8.13. The lowest BCUT2D eigenvalue weighted by Crippen LogP contribution is -1.96. The second-order valence-electron chi connectivity index (χ2n) is 4.67. The Morgan fingerprint density at radius 3 is 2.23 bits per heavy atom. The summed E-state index contributed by atoms with van der Waals surface area (Å²) in [6.45, 7) is 1.90. The largest absolute Gasteiger partial charge is 0.497 e. The molecular formula is C17H17NO3S. The standard InChI is InChI=1S/C17H17NO3S/c1-14-5-11-17(12-6-14)22(19,20)18-13-3-4-15-7-9-16(21-2)10-8-15/h3-13H,1-2H3/b4-3+,18-13+. The summed E-state index contributed by atoms with van der Waals surface area (Å²) in [4.78, 5) is 0.187. The van der Waals surface area contributed by atoms with Crippen LogP contribution in [-0.2, 0) is 10.0 Å². The predicted octanol–water partition coefficient (Wildman–Crippen LogP) is 3.48. The molecule has 2 aromatic rings. The van der Waals surface area contributed by atoms with Gasteiger partial charge in [-0.1, -0.05) is 35.9 Å². The van der Waals surface area contributed by atoms with Gasteiger partial charge in [-0.3, -0.25) is 0 Å². The van der Waals surface area contributed by atoms with Gasteiger partial charge in [0.05, 0.1) is 12.0 Å². The zero-order valence-electron chi connectivity index (χ0n) is 12.4. The van der Waals surface area contributed by atoms with Gasteiger partial charge in [-0.15, -0.1) is 0 Å². The molecular weight excluding hydrogens is 298 g/mol. The number of allylic oxidation sites excluding steroid dienone is 1. The first kappa shape index (κ1) is 16.0. The van der Waals surface area contributed by atoms with Gasteiger partial charge in [-0.2, -0.15) is 12.8 Å². The third-order valence-corrected chi connectivity index (χ3v) is 4.28. The number of aryl methyl sites for hydroxylation is 1. The van der Waals surface area contributed by atoms with E-state index in [1.807, 2.05) is 31.2 Å². The second-order valence-corrected chi connectivity index (χ2v) is 6.31. The summed E-state index contributed by atoms with van der Waals surface area (Å²) in [6.07, 6.45) is 4.64. The van der Waals surface area contributed by atoms with Crippen LogP contribution >= 0.6 is 0 Å². The number of benzene rings is 2. The van der Waals surface area contributed by atoms with Crippen LogP contribution in [0.4, 0.5) is 0 Å². The molecule has 0 saturated carbocycles. The highest BCUT2D eigenvalue weighted by molar-refractivity contribution is 7.90. The van der Waals surface area contributed by atoms with Crippen LogP contribution in [0, 0.1) is 6.92 Å². The average Bonchev–Trinajstić information content (AvgIpc) is 2.52. The molecule has 0 unspecified atom stereocenters. The number of hydrogen-bond donors (Lipinski definition) is 0. The fourth-order valence-corrected chi connectivity index (χ4v) is 2.59. The van der Waals surface area contributed by atoms with Crippen molar-refractivity contribution < 1.29 is 13.2 Å². The van der Waals surface area contributed by atoms with Crippen LogP contribution in [0.25, 0.3) is 6.08 Å². The molecule has 0 saturated heterocycles. The number of hydrogen-bond acceptors (Lipinski definition) is 3. The Labute approximate surface area is 130 Å². The van der Waals surface area contributed by atoms with E-state index in [0.717, 1.165) is 16.9 Å². The van der Waals surface area contributed by atoms with E-state index in [1.165, 1.54) is 6.21 Å². The number of nitrogens with zero attached hydrogens (tertiary/aromatic N) is 1. The quantitative estimate of drug-likeness (QED) is 0.794. The van der Waals surface area contributed by atoms with Crippen molar-refractivity contribution in [1.82, 2.24) is 0 Å². The molecule has 2 rings (SSSR count). The molecule has 0 aliphatic heterocycles. The van der Waals surface area contributed by atoms with Crippen molar-refractivity contribution in [2.75, 3.05) is 7.11 Å². The predicted molar refractivity (Wildman–Crippen MR) is 88.9 cm³/mol. The van der Waals surface area contributed by atoms with Crippen LogP contribution in [0.5, 0.6) is 5.75 Å². The molecule has 5 heteroatoms. The monoisotopic (exact) mass is 315 g/mol. The Morgan fingerprint density at radius 2 is 1.64 bits per heavy atom. The highest BCUT2D eigenvalue weighted by Crippen LogP contribution is 2.13. The van der Waals surface area contributed by atoms with Gasteiger partial charge in [0.1, 0.15) is 5.75 Å². The highest BCUT2D eigenvalue weighted by Gasteiger charge is 2.09. The molecule has 0 radical (unpaired) electrons. The van der Waals surface area contributed by atoms with Gasteiger partial charge in [-0.05, 0) is 42.8 Å². The Balaban J connectivity index is 2.07. The summed E-state index contributed by atoms with van der Waals surface area (Å²) < 4.78 is 32.7. The second kappa shape index (κ2) is 7.04. The minimum Gasteiger partial charge on any atom is -0.497 e. The van der Waals surface area contributed by atoms with Crippen LogP contribution in [0.3, 0.4) is 0 Å². The van der Waals surface area contributed by atoms with Gasteiger partial charge >= 0.3 is 0 Å². The van der Waals surface area contributed by atoms with Crippen molar-refractivity contribution in [3.63, 3.8) is 0 Å². The molecule has 0 aliphatic carbocycles. The van der Waals surface area contributed by atoms with E-state index >= 15 is 0 Å². The van der Waals surface area contributed by atoms with Crippen LogP contribution < -0.4 is 4.74 Å².